The Kier molecular flexibility index (Phi) is 4.66. The van der Waals surface area contributed by atoms with Crippen LogP contribution >= 0.6 is 38.5 Å². The molecule has 18 heavy (non-hydrogen) atoms. The largest absolute Gasteiger partial charge is 0.486 e. The van der Waals surface area contributed by atoms with Gasteiger partial charge >= 0.3 is 0 Å². The van der Waals surface area contributed by atoms with Gasteiger partial charge in [0.1, 0.15) is 12.4 Å². The van der Waals surface area contributed by atoms with E-state index in [9.17, 15) is 0 Å². The SMILES string of the molecule is CCn1nc(C)c(Br)c1COc1ccccc1I. The first kappa shape index (κ1) is 13.9. The highest BCUT2D eigenvalue weighted by atomic mass is 127. The standard InChI is InChI=1S/C13H14BrIN2O/c1-3-17-11(13(14)9(2)16-17)8-18-12-7-5-4-6-10(12)15/h4-7H,3,8H2,1-2H3. The molecule has 0 fully saturated rings. The molecule has 3 nitrogen and oxygen atoms in total. The molecule has 0 N–H and O–H groups in total. The van der Waals surface area contributed by atoms with Gasteiger partial charge in [0.05, 0.1) is 19.4 Å². The smallest absolute Gasteiger partial charge is 0.133 e. The van der Waals surface area contributed by atoms with E-state index in [0.717, 1.165) is 31.7 Å². The Balaban J connectivity index is 2.18. The number of para-hydroxylation sites is 1. The predicted molar refractivity (Wildman–Crippen MR) is 83.8 cm³/mol. The van der Waals surface area contributed by atoms with Crippen molar-refractivity contribution in [3.8, 4) is 5.75 Å². The van der Waals surface area contributed by atoms with E-state index in [4.69, 9.17) is 4.74 Å². The first-order valence-corrected chi connectivity index (χ1v) is 7.59. The maximum Gasteiger partial charge on any atom is 0.133 e. The number of ether oxygens (including phenoxy) is 1. The van der Waals surface area contributed by atoms with E-state index in [1.54, 1.807) is 0 Å². The van der Waals surface area contributed by atoms with Crippen molar-refractivity contribution in [3.05, 3.63) is 43.7 Å². The van der Waals surface area contributed by atoms with Crippen molar-refractivity contribution in [2.75, 3.05) is 0 Å². The lowest BCUT2D eigenvalue weighted by Crippen LogP contribution is -2.07. The lowest BCUT2D eigenvalue weighted by Gasteiger charge is -2.09. The second kappa shape index (κ2) is 6.06. The molecule has 0 amide bonds. The summed E-state index contributed by atoms with van der Waals surface area (Å²) in [6.45, 7) is 5.44. The van der Waals surface area contributed by atoms with E-state index in [0.29, 0.717) is 6.61 Å². The molecular weight excluding hydrogens is 407 g/mol. The topological polar surface area (TPSA) is 27.1 Å². The fourth-order valence-corrected chi connectivity index (χ4v) is 2.66. The van der Waals surface area contributed by atoms with Gasteiger partial charge in [-0.1, -0.05) is 12.1 Å². The van der Waals surface area contributed by atoms with E-state index in [1.807, 2.05) is 35.9 Å². The molecule has 0 saturated heterocycles. The predicted octanol–water partition coefficient (Wildman–Crippen LogP) is 4.16. The lowest BCUT2D eigenvalue weighted by molar-refractivity contribution is 0.289. The highest BCUT2D eigenvalue weighted by molar-refractivity contribution is 14.1. The summed E-state index contributed by atoms with van der Waals surface area (Å²) in [4.78, 5) is 0. The number of aryl methyl sites for hydroxylation is 2. The van der Waals surface area contributed by atoms with Gasteiger partial charge in [-0.25, -0.2) is 0 Å². The molecule has 0 radical (unpaired) electrons. The molecule has 0 spiro atoms. The van der Waals surface area contributed by atoms with Crippen molar-refractivity contribution in [1.82, 2.24) is 9.78 Å². The summed E-state index contributed by atoms with van der Waals surface area (Å²) in [5.74, 6) is 0.909. The van der Waals surface area contributed by atoms with E-state index in [-0.39, 0.29) is 0 Å². The van der Waals surface area contributed by atoms with Gasteiger partial charge in [-0.3, -0.25) is 4.68 Å². The molecule has 0 unspecified atom stereocenters. The molecule has 96 valence electrons. The number of aromatic nitrogens is 2. The highest BCUT2D eigenvalue weighted by Gasteiger charge is 2.13. The summed E-state index contributed by atoms with van der Waals surface area (Å²) >= 11 is 5.84. The van der Waals surface area contributed by atoms with E-state index in [1.165, 1.54) is 0 Å². The Morgan fingerprint density at radius 2 is 2.11 bits per heavy atom. The van der Waals surface area contributed by atoms with Crippen LogP contribution in [-0.4, -0.2) is 9.78 Å². The van der Waals surface area contributed by atoms with Crippen molar-refractivity contribution >= 4 is 38.5 Å². The minimum Gasteiger partial charge on any atom is -0.486 e. The van der Waals surface area contributed by atoms with Crippen molar-refractivity contribution in [3.63, 3.8) is 0 Å². The Morgan fingerprint density at radius 3 is 2.78 bits per heavy atom. The Bertz CT molecular complexity index is 554. The molecule has 2 rings (SSSR count). The molecule has 1 aromatic carbocycles. The third-order valence-corrected chi connectivity index (χ3v) is 4.58. The second-order valence-electron chi connectivity index (χ2n) is 3.88. The van der Waals surface area contributed by atoms with Crippen LogP contribution in [0.5, 0.6) is 5.75 Å². The zero-order chi connectivity index (χ0) is 13.1. The van der Waals surface area contributed by atoms with Crippen LogP contribution in [-0.2, 0) is 13.2 Å². The summed E-state index contributed by atoms with van der Waals surface area (Å²) in [5, 5.41) is 4.45. The molecule has 0 aliphatic rings. The molecule has 5 heteroatoms. The molecule has 0 saturated carbocycles. The summed E-state index contributed by atoms with van der Waals surface area (Å²) in [6, 6.07) is 8.00. The minimum atomic E-state index is 0.523. The van der Waals surface area contributed by atoms with Crippen LogP contribution in [0.15, 0.2) is 28.7 Å². The number of hydrogen-bond acceptors (Lipinski definition) is 2. The molecule has 1 heterocycles. The van der Waals surface area contributed by atoms with Gasteiger partial charge in [0.15, 0.2) is 0 Å². The highest BCUT2D eigenvalue weighted by Crippen LogP contribution is 2.25. The summed E-state index contributed by atoms with van der Waals surface area (Å²) < 4.78 is 9.98. The van der Waals surface area contributed by atoms with Crippen molar-refractivity contribution in [2.45, 2.75) is 27.0 Å². The average Bonchev–Trinajstić information content (AvgIpc) is 2.65. The summed E-state index contributed by atoms with van der Waals surface area (Å²) in [5.41, 5.74) is 2.08. The summed E-state index contributed by atoms with van der Waals surface area (Å²) in [7, 11) is 0. The third-order valence-electron chi connectivity index (χ3n) is 2.65. The second-order valence-corrected chi connectivity index (χ2v) is 5.84. The average molecular weight is 421 g/mol. The van der Waals surface area contributed by atoms with Crippen molar-refractivity contribution in [1.29, 1.82) is 0 Å². The molecule has 0 bridgehead atoms. The molecule has 0 aliphatic carbocycles. The maximum absolute atomic E-state index is 5.86. The van der Waals surface area contributed by atoms with Crippen LogP contribution in [0.1, 0.15) is 18.3 Å². The van der Waals surface area contributed by atoms with Crippen LogP contribution in [0.2, 0.25) is 0 Å². The van der Waals surface area contributed by atoms with Gasteiger partial charge in [-0.05, 0) is 64.5 Å². The molecule has 2 aromatic rings. The number of hydrogen-bond donors (Lipinski definition) is 0. The van der Waals surface area contributed by atoms with Gasteiger partial charge in [0, 0.05) is 6.54 Å². The van der Waals surface area contributed by atoms with Crippen LogP contribution in [0.3, 0.4) is 0 Å². The fraction of sp³-hybridized carbons (Fsp3) is 0.308. The molecule has 0 atom stereocenters. The van der Waals surface area contributed by atoms with Crippen LogP contribution in [0, 0.1) is 10.5 Å². The van der Waals surface area contributed by atoms with Gasteiger partial charge in [-0.15, -0.1) is 0 Å². The molecular formula is C13H14BrIN2O. The Morgan fingerprint density at radius 1 is 1.39 bits per heavy atom. The van der Waals surface area contributed by atoms with Gasteiger partial charge in [0.25, 0.3) is 0 Å². The molecule has 1 aromatic heterocycles. The van der Waals surface area contributed by atoms with Gasteiger partial charge in [-0.2, -0.15) is 5.10 Å². The fourth-order valence-electron chi connectivity index (χ4n) is 1.71. The quantitative estimate of drug-likeness (QED) is 0.694. The third kappa shape index (κ3) is 2.88. The maximum atomic E-state index is 5.86. The van der Waals surface area contributed by atoms with E-state index >= 15 is 0 Å². The van der Waals surface area contributed by atoms with Gasteiger partial charge in [0.2, 0.25) is 0 Å². The minimum absolute atomic E-state index is 0.523. The van der Waals surface area contributed by atoms with Crippen LogP contribution < -0.4 is 4.74 Å². The zero-order valence-electron chi connectivity index (χ0n) is 10.3. The number of rotatable bonds is 4. The Labute approximate surface area is 129 Å². The molecule has 0 aliphatic heterocycles. The number of nitrogens with zero attached hydrogens (tertiary/aromatic N) is 2. The zero-order valence-corrected chi connectivity index (χ0v) is 14.0. The van der Waals surface area contributed by atoms with Crippen LogP contribution in [0.25, 0.3) is 0 Å². The summed E-state index contributed by atoms with van der Waals surface area (Å²) in [6.07, 6.45) is 0. The van der Waals surface area contributed by atoms with E-state index in [2.05, 4.69) is 50.5 Å². The van der Waals surface area contributed by atoms with Crippen LogP contribution in [0.4, 0.5) is 0 Å². The van der Waals surface area contributed by atoms with Crippen molar-refractivity contribution < 1.29 is 4.74 Å². The Hall–Kier alpha value is -0.560. The number of benzene rings is 1. The first-order valence-electron chi connectivity index (χ1n) is 5.72. The monoisotopic (exact) mass is 420 g/mol. The first-order chi connectivity index (χ1) is 8.63. The van der Waals surface area contributed by atoms with Gasteiger partial charge < -0.3 is 4.74 Å². The van der Waals surface area contributed by atoms with Crippen molar-refractivity contribution in [2.24, 2.45) is 0 Å². The normalized spacial score (nSPS) is 10.7. The number of halogens is 2. The van der Waals surface area contributed by atoms with E-state index < -0.39 is 0 Å². The lowest BCUT2D eigenvalue weighted by atomic mass is 10.3.